The van der Waals surface area contributed by atoms with Gasteiger partial charge in [-0.15, -0.1) is 0 Å². The quantitative estimate of drug-likeness (QED) is 0.628. The molecule has 0 bridgehead atoms. The van der Waals surface area contributed by atoms with Crippen LogP contribution in [0.1, 0.15) is 22.8 Å². The number of rotatable bonds is 4. The first-order valence-electron chi connectivity index (χ1n) is 6.69. The van der Waals surface area contributed by atoms with E-state index in [2.05, 4.69) is 0 Å². The molecule has 104 valence electrons. The fraction of sp³-hybridized carbons (Fsp3) is 0.235. The number of carbonyl (C=O) groups is 1. The van der Waals surface area contributed by atoms with Crippen LogP contribution >= 0.6 is 0 Å². The number of ether oxygens (including phenoxy) is 1. The summed E-state index contributed by atoms with van der Waals surface area (Å²) in [5.41, 5.74) is 2.64. The van der Waals surface area contributed by atoms with Crippen molar-refractivity contribution in [3.05, 3.63) is 59.7 Å². The standard InChI is InChI=1S/C17H19NO2/c1-4-13-7-5-6-8-16(13)20-17(19)14-9-11-15(12-10-14)18(2)3/h5-12H,4H2,1-3H3. The third-order valence-electron chi connectivity index (χ3n) is 3.18. The zero-order valence-electron chi connectivity index (χ0n) is 12.1. The van der Waals surface area contributed by atoms with Crippen LogP contribution in [0.15, 0.2) is 48.5 Å². The van der Waals surface area contributed by atoms with Gasteiger partial charge in [-0.25, -0.2) is 4.79 Å². The summed E-state index contributed by atoms with van der Waals surface area (Å²) in [4.78, 5) is 14.1. The van der Waals surface area contributed by atoms with Crippen molar-refractivity contribution in [3.63, 3.8) is 0 Å². The molecule has 0 spiro atoms. The summed E-state index contributed by atoms with van der Waals surface area (Å²) in [5.74, 6) is 0.313. The van der Waals surface area contributed by atoms with Gasteiger partial charge in [0, 0.05) is 19.8 Å². The van der Waals surface area contributed by atoms with Crippen molar-refractivity contribution in [2.24, 2.45) is 0 Å². The van der Waals surface area contributed by atoms with Crippen LogP contribution in [0, 0.1) is 0 Å². The molecule has 20 heavy (non-hydrogen) atoms. The van der Waals surface area contributed by atoms with Gasteiger partial charge in [0.15, 0.2) is 0 Å². The lowest BCUT2D eigenvalue weighted by Gasteiger charge is -2.13. The van der Waals surface area contributed by atoms with E-state index in [-0.39, 0.29) is 5.97 Å². The van der Waals surface area contributed by atoms with Crippen LogP contribution in [0.4, 0.5) is 5.69 Å². The summed E-state index contributed by atoms with van der Waals surface area (Å²) >= 11 is 0. The van der Waals surface area contributed by atoms with Crippen LogP contribution in [0.25, 0.3) is 0 Å². The van der Waals surface area contributed by atoms with Gasteiger partial charge in [-0.3, -0.25) is 0 Å². The summed E-state index contributed by atoms with van der Waals surface area (Å²) < 4.78 is 5.47. The Morgan fingerprint density at radius 3 is 2.30 bits per heavy atom. The van der Waals surface area contributed by atoms with Crippen molar-refractivity contribution in [1.29, 1.82) is 0 Å². The van der Waals surface area contributed by atoms with Gasteiger partial charge in [0.1, 0.15) is 5.75 Å². The molecule has 0 saturated heterocycles. The van der Waals surface area contributed by atoms with E-state index in [1.807, 2.05) is 62.3 Å². The molecule has 0 aliphatic heterocycles. The molecule has 0 aliphatic carbocycles. The zero-order chi connectivity index (χ0) is 14.5. The first-order chi connectivity index (χ1) is 9.61. The first-order valence-corrected chi connectivity index (χ1v) is 6.69. The molecule has 0 fully saturated rings. The molecule has 0 saturated carbocycles. The highest BCUT2D eigenvalue weighted by molar-refractivity contribution is 5.91. The Hall–Kier alpha value is -2.29. The van der Waals surface area contributed by atoms with Gasteiger partial charge in [-0.1, -0.05) is 25.1 Å². The van der Waals surface area contributed by atoms with Gasteiger partial charge in [0.2, 0.25) is 0 Å². The third-order valence-corrected chi connectivity index (χ3v) is 3.18. The van der Waals surface area contributed by atoms with Crippen LogP contribution < -0.4 is 9.64 Å². The maximum atomic E-state index is 12.1. The highest BCUT2D eigenvalue weighted by atomic mass is 16.5. The molecular formula is C17H19NO2. The summed E-state index contributed by atoms with van der Waals surface area (Å²) in [6, 6.07) is 15.0. The van der Waals surface area contributed by atoms with Gasteiger partial charge in [0.25, 0.3) is 0 Å². The highest BCUT2D eigenvalue weighted by Gasteiger charge is 2.10. The van der Waals surface area contributed by atoms with E-state index in [1.54, 1.807) is 12.1 Å². The average molecular weight is 269 g/mol. The van der Waals surface area contributed by atoms with E-state index in [1.165, 1.54) is 0 Å². The predicted octanol–water partition coefficient (Wildman–Crippen LogP) is 3.53. The number of esters is 1. The van der Waals surface area contributed by atoms with E-state index in [4.69, 9.17) is 4.74 Å². The molecule has 2 aromatic carbocycles. The maximum Gasteiger partial charge on any atom is 0.343 e. The summed E-state index contributed by atoms with van der Waals surface area (Å²) in [5, 5.41) is 0. The van der Waals surface area contributed by atoms with Crippen molar-refractivity contribution in [3.8, 4) is 5.75 Å². The van der Waals surface area contributed by atoms with Crippen LogP contribution in [0.3, 0.4) is 0 Å². The summed E-state index contributed by atoms with van der Waals surface area (Å²) in [6.45, 7) is 2.04. The normalized spacial score (nSPS) is 10.2. The minimum atomic E-state index is -0.323. The van der Waals surface area contributed by atoms with E-state index >= 15 is 0 Å². The Bertz CT molecular complexity index is 588. The van der Waals surface area contributed by atoms with Crippen molar-refractivity contribution < 1.29 is 9.53 Å². The minimum Gasteiger partial charge on any atom is -0.423 e. The Kier molecular flexibility index (Phi) is 4.41. The first kappa shape index (κ1) is 14.1. The Morgan fingerprint density at radius 2 is 1.70 bits per heavy atom. The number of benzene rings is 2. The monoisotopic (exact) mass is 269 g/mol. The molecule has 0 atom stereocenters. The molecule has 2 aromatic rings. The molecule has 0 unspecified atom stereocenters. The van der Waals surface area contributed by atoms with E-state index in [0.717, 1.165) is 17.7 Å². The van der Waals surface area contributed by atoms with Crippen LogP contribution in [0.2, 0.25) is 0 Å². The van der Waals surface area contributed by atoms with E-state index < -0.39 is 0 Å². The molecule has 2 rings (SSSR count). The molecule has 0 N–H and O–H groups in total. The van der Waals surface area contributed by atoms with Gasteiger partial charge < -0.3 is 9.64 Å². The minimum absolute atomic E-state index is 0.323. The second kappa shape index (κ2) is 6.24. The number of para-hydroxylation sites is 1. The number of anilines is 1. The number of carbonyl (C=O) groups excluding carboxylic acids is 1. The Labute approximate surface area is 119 Å². The van der Waals surface area contributed by atoms with Crippen molar-refractivity contribution in [2.45, 2.75) is 13.3 Å². The van der Waals surface area contributed by atoms with E-state index in [9.17, 15) is 4.79 Å². The lowest BCUT2D eigenvalue weighted by molar-refractivity contribution is 0.0733. The average Bonchev–Trinajstić information content (AvgIpc) is 2.48. The zero-order valence-corrected chi connectivity index (χ0v) is 12.1. The largest absolute Gasteiger partial charge is 0.423 e. The SMILES string of the molecule is CCc1ccccc1OC(=O)c1ccc(N(C)C)cc1. The van der Waals surface area contributed by atoms with Crippen molar-refractivity contribution in [2.75, 3.05) is 19.0 Å². The molecule has 0 amide bonds. The lowest BCUT2D eigenvalue weighted by Crippen LogP contribution is -2.11. The summed E-state index contributed by atoms with van der Waals surface area (Å²) in [6.07, 6.45) is 0.836. The summed E-state index contributed by atoms with van der Waals surface area (Å²) in [7, 11) is 3.93. The van der Waals surface area contributed by atoms with Crippen LogP contribution in [0.5, 0.6) is 5.75 Å². The van der Waals surface area contributed by atoms with Gasteiger partial charge in [0.05, 0.1) is 5.56 Å². The Morgan fingerprint density at radius 1 is 1.05 bits per heavy atom. The van der Waals surface area contributed by atoms with Gasteiger partial charge in [-0.05, 0) is 42.3 Å². The number of nitrogens with zero attached hydrogens (tertiary/aromatic N) is 1. The fourth-order valence-electron chi connectivity index (χ4n) is 1.95. The van der Waals surface area contributed by atoms with Crippen molar-refractivity contribution >= 4 is 11.7 Å². The number of hydrogen-bond donors (Lipinski definition) is 0. The highest BCUT2D eigenvalue weighted by Crippen LogP contribution is 2.20. The molecular weight excluding hydrogens is 250 g/mol. The van der Waals surface area contributed by atoms with Crippen LogP contribution in [-0.2, 0) is 6.42 Å². The van der Waals surface area contributed by atoms with Gasteiger partial charge in [-0.2, -0.15) is 0 Å². The molecule has 0 aliphatic rings. The lowest BCUT2D eigenvalue weighted by atomic mass is 10.1. The van der Waals surface area contributed by atoms with Crippen molar-refractivity contribution in [1.82, 2.24) is 0 Å². The van der Waals surface area contributed by atoms with E-state index in [0.29, 0.717) is 11.3 Å². The molecule has 3 nitrogen and oxygen atoms in total. The number of hydrogen-bond acceptors (Lipinski definition) is 3. The predicted molar refractivity (Wildman–Crippen MR) is 81.5 cm³/mol. The maximum absolute atomic E-state index is 12.1. The number of aryl methyl sites for hydroxylation is 1. The van der Waals surface area contributed by atoms with Gasteiger partial charge >= 0.3 is 5.97 Å². The molecule has 0 radical (unpaired) electrons. The second-order valence-corrected chi connectivity index (χ2v) is 4.79. The second-order valence-electron chi connectivity index (χ2n) is 4.79. The Balaban J connectivity index is 2.15. The topological polar surface area (TPSA) is 29.5 Å². The fourth-order valence-corrected chi connectivity index (χ4v) is 1.95. The molecule has 0 heterocycles. The molecule has 0 aromatic heterocycles. The van der Waals surface area contributed by atoms with Crippen LogP contribution in [-0.4, -0.2) is 20.1 Å². The third kappa shape index (κ3) is 3.18. The molecule has 3 heteroatoms. The smallest absolute Gasteiger partial charge is 0.343 e.